The summed E-state index contributed by atoms with van der Waals surface area (Å²) in [6.07, 6.45) is 0.612. The van der Waals surface area contributed by atoms with Gasteiger partial charge in [0.05, 0.1) is 6.10 Å². The third kappa shape index (κ3) is 3.80. The van der Waals surface area contributed by atoms with Crippen LogP contribution in [0.4, 0.5) is 0 Å². The summed E-state index contributed by atoms with van der Waals surface area (Å²) in [5.74, 6) is -2.63. The van der Waals surface area contributed by atoms with E-state index < -0.39 is 26.3 Å². The Balaban J connectivity index is 2.69. The van der Waals surface area contributed by atoms with Gasteiger partial charge in [0.25, 0.3) is 0 Å². The molecular weight excluding hydrogens is 278 g/mol. The lowest BCUT2D eigenvalue weighted by molar-refractivity contribution is -0.156. The van der Waals surface area contributed by atoms with E-state index in [0.717, 1.165) is 0 Å². The number of carboxylic acid groups (broad SMARTS) is 2. The van der Waals surface area contributed by atoms with Gasteiger partial charge in [-0.3, -0.25) is 4.90 Å². The van der Waals surface area contributed by atoms with E-state index in [1.807, 2.05) is 0 Å². The molecule has 1 unspecified atom stereocenters. The fourth-order valence-electron chi connectivity index (χ4n) is 2.10. The van der Waals surface area contributed by atoms with Crippen LogP contribution in [-0.2, 0) is 14.0 Å². The van der Waals surface area contributed by atoms with Crippen molar-refractivity contribution in [2.24, 2.45) is 0 Å². The third-order valence-electron chi connectivity index (χ3n) is 4.28. The van der Waals surface area contributed by atoms with Gasteiger partial charge >= 0.3 is 11.9 Å². The smallest absolute Gasteiger partial charge is 0.332 e. The number of hydrogen-bond donors (Lipinski definition) is 2. The molecule has 2 N–H and O–H groups in total. The second-order valence-corrected chi connectivity index (χ2v) is 11.6. The lowest BCUT2D eigenvalue weighted by Crippen LogP contribution is -2.48. The average molecular weight is 303 g/mol. The van der Waals surface area contributed by atoms with Crippen molar-refractivity contribution in [3.8, 4) is 0 Å². The highest BCUT2D eigenvalue weighted by atomic mass is 28.4. The predicted molar refractivity (Wildman–Crippen MR) is 77.3 cm³/mol. The first-order valence-electron chi connectivity index (χ1n) is 6.83. The van der Waals surface area contributed by atoms with Gasteiger partial charge < -0.3 is 14.6 Å². The van der Waals surface area contributed by atoms with Crippen molar-refractivity contribution < 1.29 is 24.2 Å². The van der Waals surface area contributed by atoms with Crippen LogP contribution in [0.3, 0.4) is 0 Å². The molecule has 7 heteroatoms. The largest absolute Gasteiger partial charge is 0.480 e. The van der Waals surface area contributed by atoms with Gasteiger partial charge in [0.1, 0.15) is 0 Å². The molecule has 116 valence electrons. The van der Waals surface area contributed by atoms with Gasteiger partial charge in [-0.1, -0.05) is 20.8 Å². The molecule has 0 radical (unpaired) electrons. The molecule has 0 spiro atoms. The van der Waals surface area contributed by atoms with E-state index in [-0.39, 0.29) is 11.1 Å². The first-order chi connectivity index (χ1) is 8.95. The van der Waals surface area contributed by atoms with Gasteiger partial charge in [0.2, 0.25) is 6.04 Å². The van der Waals surface area contributed by atoms with Crippen molar-refractivity contribution in [2.75, 3.05) is 13.1 Å². The van der Waals surface area contributed by atoms with E-state index >= 15 is 0 Å². The van der Waals surface area contributed by atoms with Gasteiger partial charge in [-0.05, 0) is 24.6 Å². The van der Waals surface area contributed by atoms with E-state index in [4.69, 9.17) is 14.6 Å². The maximum absolute atomic E-state index is 11.0. The van der Waals surface area contributed by atoms with E-state index in [0.29, 0.717) is 19.5 Å². The van der Waals surface area contributed by atoms with Crippen LogP contribution in [0.25, 0.3) is 0 Å². The molecule has 0 bridgehead atoms. The Morgan fingerprint density at radius 2 is 1.75 bits per heavy atom. The molecule has 1 rings (SSSR count). The summed E-state index contributed by atoms with van der Waals surface area (Å²) < 4.78 is 6.21. The van der Waals surface area contributed by atoms with Crippen molar-refractivity contribution in [2.45, 2.75) is 57.5 Å². The molecule has 1 heterocycles. The third-order valence-corrected chi connectivity index (χ3v) is 8.81. The van der Waals surface area contributed by atoms with Crippen molar-refractivity contribution >= 4 is 20.3 Å². The average Bonchev–Trinajstić information content (AvgIpc) is 2.62. The zero-order valence-electron chi connectivity index (χ0n) is 12.8. The van der Waals surface area contributed by atoms with Gasteiger partial charge in [-0.25, -0.2) is 9.59 Å². The number of carboxylic acids is 2. The monoisotopic (exact) mass is 303 g/mol. The number of aliphatic carboxylic acids is 2. The van der Waals surface area contributed by atoms with Crippen molar-refractivity contribution in [3.05, 3.63) is 0 Å². The molecule has 0 aliphatic carbocycles. The summed E-state index contributed by atoms with van der Waals surface area (Å²) in [6, 6.07) is -1.47. The lowest BCUT2D eigenvalue weighted by Gasteiger charge is -2.38. The Hall–Kier alpha value is -0.923. The fraction of sp³-hybridized carbons (Fsp3) is 0.846. The highest BCUT2D eigenvalue weighted by Crippen LogP contribution is 2.38. The quantitative estimate of drug-likeness (QED) is 0.593. The molecule has 20 heavy (non-hydrogen) atoms. The number of carbonyl (C=O) groups is 2. The minimum atomic E-state index is -1.91. The summed E-state index contributed by atoms with van der Waals surface area (Å²) in [5.41, 5.74) is 0. The highest BCUT2D eigenvalue weighted by Gasteiger charge is 2.43. The molecule has 6 nitrogen and oxygen atoms in total. The Morgan fingerprint density at radius 1 is 1.25 bits per heavy atom. The number of nitrogens with zero attached hydrogens (tertiary/aromatic N) is 1. The molecule has 1 saturated heterocycles. The Bertz CT molecular complexity index is 377. The summed E-state index contributed by atoms with van der Waals surface area (Å²) in [4.78, 5) is 23.5. The van der Waals surface area contributed by atoms with E-state index in [1.54, 1.807) is 0 Å². The number of likely N-dealkylation sites (tertiary alicyclic amines) is 1. The van der Waals surface area contributed by atoms with Crippen LogP contribution in [0.15, 0.2) is 0 Å². The van der Waals surface area contributed by atoms with E-state index in [1.165, 1.54) is 4.90 Å². The van der Waals surface area contributed by atoms with E-state index in [9.17, 15) is 9.59 Å². The van der Waals surface area contributed by atoms with Crippen LogP contribution < -0.4 is 0 Å². The van der Waals surface area contributed by atoms with Crippen LogP contribution >= 0.6 is 0 Å². The molecule has 1 atom stereocenters. The van der Waals surface area contributed by atoms with Crippen LogP contribution in [0.2, 0.25) is 18.1 Å². The minimum Gasteiger partial charge on any atom is -0.480 e. The van der Waals surface area contributed by atoms with Crippen molar-refractivity contribution in [1.82, 2.24) is 4.90 Å². The molecular formula is C13H25NO5Si. The Morgan fingerprint density at radius 3 is 2.15 bits per heavy atom. The second kappa shape index (κ2) is 5.83. The summed E-state index contributed by atoms with van der Waals surface area (Å²) in [6.45, 7) is 11.5. The van der Waals surface area contributed by atoms with Crippen LogP contribution in [0.1, 0.15) is 27.2 Å². The maximum atomic E-state index is 11.0. The first kappa shape index (κ1) is 17.1. The van der Waals surface area contributed by atoms with E-state index in [2.05, 4.69) is 33.9 Å². The summed E-state index contributed by atoms with van der Waals surface area (Å²) in [7, 11) is -1.91. The molecule has 0 aromatic carbocycles. The van der Waals surface area contributed by atoms with Crippen LogP contribution in [0.5, 0.6) is 0 Å². The standard InChI is InChI=1S/C13H25NO5Si/c1-13(2,3)20(4,5)19-9-6-7-14(8-9)10(11(15)16)12(17)18/h9-10H,6-8H2,1-5H3,(H,15,16)(H,17,18). The number of hydrogen-bond acceptors (Lipinski definition) is 4. The van der Waals surface area contributed by atoms with Gasteiger partial charge in [-0.2, -0.15) is 0 Å². The fourth-order valence-corrected chi connectivity index (χ4v) is 3.48. The Kier molecular flexibility index (Phi) is 4.99. The predicted octanol–water partition coefficient (Wildman–Crippen LogP) is 1.62. The molecule has 0 aromatic heterocycles. The minimum absolute atomic E-state index is 0.0721. The molecule has 0 amide bonds. The normalized spacial score (nSPS) is 21.4. The molecule has 0 saturated carbocycles. The van der Waals surface area contributed by atoms with Crippen LogP contribution in [-0.4, -0.2) is 60.6 Å². The molecule has 1 aliphatic rings. The van der Waals surface area contributed by atoms with Gasteiger partial charge in [0.15, 0.2) is 8.32 Å². The second-order valence-electron chi connectivity index (χ2n) is 6.86. The molecule has 0 aromatic rings. The molecule has 1 aliphatic heterocycles. The van der Waals surface area contributed by atoms with Gasteiger partial charge in [-0.15, -0.1) is 0 Å². The highest BCUT2D eigenvalue weighted by molar-refractivity contribution is 6.74. The SMILES string of the molecule is CC(C)(C)[Si](C)(C)OC1CCN(C(C(=O)O)C(=O)O)C1. The lowest BCUT2D eigenvalue weighted by atomic mass is 10.2. The van der Waals surface area contributed by atoms with Gasteiger partial charge in [0, 0.05) is 13.1 Å². The topological polar surface area (TPSA) is 87.1 Å². The summed E-state index contributed by atoms with van der Waals surface area (Å²) >= 11 is 0. The van der Waals surface area contributed by atoms with Crippen LogP contribution in [0, 0.1) is 0 Å². The Labute approximate surface area is 120 Å². The maximum Gasteiger partial charge on any atom is 0.332 e. The van der Waals surface area contributed by atoms with Crippen molar-refractivity contribution in [1.29, 1.82) is 0 Å². The zero-order chi connectivity index (χ0) is 15.7. The van der Waals surface area contributed by atoms with Crippen molar-refractivity contribution in [3.63, 3.8) is 0 Å². The zero-order valence-corrected chi connectivity index (χ0v) is 13.8. The first-order valence-corrected chi connectivity index (χ1v) is 9.74. The summed E-state index contributed by atoms with van der Waals surface area (Å²) in [5, 5.41) is 18.1. The molecule has 1 fully saturated rings. The number of rotatable bonds is 5.